The molecule has 2 aliphatic rings. The van der Waals surface area contributed by atoms with Gasteiger partial charge in [-0.25, -0.2) is 0 Å². The lowest BCUT2D eigenvalue weighted by Crippen LogP contribution is -2.36. The van der Waals surface area contributed by atoms with E-state index < -0.39 is 0 Å². The maximum atomic E-state index is 11.3. The second-order valence-corrected chi connectivity index (χ2v) is 6.83. The minimum atomic E-state index is 0.166. The molecular formula is C17H33N3O. The number of likely N-dealkylation sites (tertiary alicyclic amines) is 1. The molecule has 0 spiro atoms. The lowest BCUT2D eigenvalue weighted by atomic mass is 9.87. The molecule has 21 heavy (non-hydrogen) atoms. The van der Waals surface area contributed by atoms with Crippen LogP contribution in [-0.4, -0.2) is 50.6 Å². The average molecular weight is 295 g/mol. The quantitative estimate of drug-likeness (QED) is 0.755. The molecule has 2 saturated heterocycles. The van der Waals surface area contributed by atoms with Crippen molar-refractivity contribution in [3.05, 3.63) is 0 Å². The van der Waals surface area contributed by atoms with E-state index in [0.29, 0.717) is 6.42 Å². The number of nitrogens with one attached hydrogen (secondary N) is 2. The summed E-state index contributed by atoms with van der Waals surface area (Å²) in [4.78, 5) is 13.7. The second-order valence-electron chi connectivity index (χ2n) is 6.83. The lowest BCUT2D eigenvalue weighted by Gasteiger charge is -2.32. The van der Waals surface area contributed by atoms with Crippen LogP contribution in [0.4, 0.5) is 0 Å². The van der Waals surface area contributed by atoms with Gasteiger partial charge in [0.1, 0.15) is 0 Å². The summed E-state index contributed by atoms with van der Waals surface area (Å²) in [5.74, 6) is 2.08. The monoisotopic (exact) mass is 295 g/mol. The van der Waals surface area contributed by atoms with Crippen molar-refractivity contribution in [1.82, 2.24) is 15.5 Å². The SMILES string of the molecule is CNC(=O)CCN1CCC(CCCC2CCNCC2)CC1. The minimum Gasteiger partial charge on any atom is -0.359 e. The predicted molar refractivity (Wildman–Crippen MR) is 87.3 cm³/mol. The Balaban J connectivity index is 1.51. The average Bonchev–Trinajstić information content (AvgIpc) is 2.55. The fourth-order valence-electron chi connectivity index (χ4n) is 3.75. The molecule has 0 radical (unpaired) electrons. The summed E-state index contributed by atoms with van der Waals surface area (Å²) in [5, 5.41) is 6.15. The molecule has 1 amide bonds. The molecule has 0 aromatic carbocycles. The molecule has 4 heteroatoms. The van der Waals surface area contributed by atoms with E-state index in [4.69, 9.17) is 0 Å². The molecule has 0 aliphatic carbocycles. The molecule has 4 nitrogen and oxygen atoms in total. The van der Waals surface area contributed by atoms with E-state index in [-0.39, 0.29) is 5.91 Å². The first kappa shape index (κ1) is 16.8. The first-order valence-corrected chi connectivity index (χ1v) is 8.91. The van der Waals surface area contributed by atoms with Crippen molar-refractivity contribution in [3.8, 4) is 0 Å². The van der Waals surface area contributed by atoms with Crippen LogP contribution in [0, 0.1) is 11.8 Å². The number of nitrogens with zero attached hydrogens (tertiary/aromatic N) is 1. The molecule has 2 aliphatic heterocycles. The van der Waals surface area contributed by atoms with Gasteiger partial charge in [-0.3, -0.25) is 4.79 Å². The number of rotatable bonds is 7. The second kappa shape index (κ2) is 9.42. The van der Waals surface area contributed by atoms with E-state index >= 15 is 0 Å². The predicted octanol–water partition coefficient (Wildman–Crippen LogP) is 2.00. The molecule has 0 aromatic heterocycles. The molecule has 0 unspecified atom stereocenters. The Morgan fingerprint density at radius 3 is 2.33 bits per heavy atom. The van der Waals surface area contributed by atoms with E-state index in [1.54, 1.807) is 7.05 Å². The largest absolute Gasteiger partial charge is 0.359 e. The van der Waals surface area contributed by atoms with Crippen LogP contribution in [0.2, 0.25) is 0 Å². The Morgan fingerprint density at radius 1 is 1.10 bits per heavy atom. The first-order chi connectivity index (χ1) is 10.3. The fraction of sp³-hybridized carbons (Fsp3) is 0.941. The smallest absolute Gasteiger partial charge is 0.221 e. The molecule has 2 heterocycles. The van der Waals surface area contributed by atoms with Crippen LogP contribution in [0.1, 0.15) is 51.4 Å². The highest BCUT2D eigenvalue weighted by Gasteiger charge is 2.20. The molecule has 2 fully saturated rings. The third-order valence-corrected chi connectivity index (χ3v) is 5.32. The third-order valence-electron chi connectivity index (χ3n) is 5.32. The van der Waals surface area contributed by atoms with E-state index in [1.807, 2.05) is 0 Å². The van der Waals surface area contributed by atoms with E-state index in [9.17, 15) is 4.79 Å². The number of piperidine rings is 2. The highest BCUT2D eigenvalue weighted by atomic mass is 16.1. The van der Waals surface area contributed by atoms with E-state index in [2.05, 4.69) is 15.5 Å². The highest BCUT2D eigenvalue weighted by molar-refractivity contribution is 5.75. The van der Waals surface area contributed by atoms with Gasteiger partial charge in [-0.15, -0.1) is 0 Å². The van der Waals surface area contributed by atoms with Crippen LogP contribution < -0.4 is 10.6 Å². The van der Waals surface area contributed by atoms with Gasteiger partial charge in [0.2, 0.25) is 5.91 Å². The summed E-state index contributed by atoms with van der Waals surface area (Å²) in [7, 11) is 1.72. The van der Waals surface area contributed by atoms with Crippen LogP contribution in [-0.2, 0) is 4.79 Å². The Bertz CT molecular complexity index is 294. The van der Waals surface area contributed by atoms with Crippen LogP contribution >= 0.6 is 0 Å². The van der Waals surface area contributed by atoms with Gasteiger partial charge in [0.15, 0.2) is 0 Å². The van der Waals surface area contributed by atoms with Crippen molar-refractivity contribution in [2.24, 2.45) is 11.8 Å². The van der Waals surface area contributed by atoms with Crippen LogP contribution in [0.15, 0.2) is 0 Å². The van der Waals surface area contributed by atoms with E-state index in [0.717, 1.165) is 18.4 Å². The van der Waals surface area contributed by atoms with Crippen LogP contribution in [0.3, 0.4) is 0 Å². The van der Waals surface area contributed by atoms with Crippen molar-refractivity contribution >= 4 is 5.91 Å². The Kier molecular flexibility index (Phi) is 7.51. The van der Waals surface area contributed by atoms with E-state index in [1.165, 1.54) is 71.1 Å². The summed E-state index contributed by atoms with van der Waals surface area (Å²) >= 11 is 0. The molecule has 122 valence electrons. The van der Waals surface area contributed by atoms with Crippen LogP contribution in [0.25, 0.3) is 0 Å². The van der Waals surface area contributed by atoms with Gasteiger partial charge in [-0.1, -0.05) is 19.3 Å². The molecule has 0 saturated carbocycles. The summed E-state index contributed by atoms with van der Waals surface area (Å²) in [6.45, 7) is 5.77. The third kappa shape index (κ3) is 6.35. The van der Waals surface area contributed by atoms with Gasteiger partial charge in [0.05, 0.1) is 0 Å². The molecule has 2 rings (SSSR count). The van der Waals surface area contributed by atoms with Gasteiger partial charge >= 0.3 is 0 Å². The van der Waals surface area contributed by atoms with Gasteiger partial charge in [0, 0.05) is 20.0 Å². The zero-order chi connectivity index (χ0) is 14.9. The van der Waals surface area contributed by atoms with Crippen LogP contribution in [0.5, 0.6) is 0 Å². The van der Waals surface area contributed by atoms with Gasteiger partial charge in [-0.2, -0.15) is 0 Å². The summed E-state index contributed by atoms with van der Waals surface area (Å²) in [5.41, 5.74) is 0. The standard InChI is InChI=1S/C17H33N3O/c1-18-17(21)9-14-20-12-7-16(8-13-20)4-2-3-15-5-10-19-11-6-15/h15-16,19H,2-14H2,1H3,(H,18,21). The topological polar surface area (TPSA) is 44.4 Å². The van der Waals surface area contributed by atoms with Crippen molar-refractivity contribution in [2.75, 3.05) is 39.8 Å². The lowest BCUT2D eigenvalue weighted by molar-refractivity contribution is -0.121. The summed E-state index contributed by atoms with van der Waals surface area (Å²) < 4.78 is 0. The number of hydrogen-bond donors (Lipinski definition) is 2. The first-order valence-electron chi connectivity index (χ1n) is 8.91. The zero-order valence-corrected chi connectivity index (χ0v) is 13.7. The number of amides is 1. The van der Waals surface area contributed by atoms with Crippen molar-refractivity contribution in [2.45, 2.75) is 51.4 Å². The molecule has 0 atom stereocenters. The molecule has 2 N–H and O–H groups in total. The fourth-order valence-corrected chi connectivity index (χ4v) is 3.75. The Labute approximate surface area is 130 Å². The van der Waals surface area contributed by atoms with Gasteiger partial charge in [0.25, 0.3) is 0 Å². The normalized spacial score (nSPS) is 22.3. The zero-order valence-electron chi connectivity index (χ0n) is 13.7. The van der Waals surface area contributed by atoms with Gasteiger partial charge < -0.3 is 15.5 Å². The van der Waals surface area contributed by atoms with Gasteiger partial charge in [-0.05, 0) is 63.7 Å². The molecule has 0 bridgehead atoms. The number of hydrogen-bond acceptors (Lipinski definition) is 3. The van der Waals surface area contributed by atoms with Crippen molar-refractivity contribution in [3.63, 3.8) is 0 Å². The van der Waals surface area contributed by atoms with Crippen molar-refractivity contribution < 1.29 is 4.79 Å². The summed E-state index contributed by atoms with van der Waals surface area (Å²) in [6.07, 6.45) is 10.4. The maximum Gasteiger partial charge on any atom is 0.221 e. The summed E-state index contributed by atoms with van der Waals surface area (Å²) in [6, 6.07) is 0. The molecule has 0 aromatic rings. The number of carbonyl (C=O) groups is 1. The maximum absolute atomic E-state index is 11.3. The Morgan fingerprint density at radius 2 is 1.71 bits per heavy atom. The number of carbonyl (C=O) groups excluding carboxylic acids is 1. The molecular weight excluding hydrogens is 262 g/mol. The highest BCUT2D eigenvalue weighted by Crippen LogP contribution is 2.25. The minimum absolute atomic E-state index is 0.166. The Hall–Kier alpha value is -0.610. The van der Waals surface area contributed by atoms with Crippen molar-refractivity contribution in [1.29, 1.82) is 0 Å².